The Labute approximate surface area is 195 Å². The molecule has 9 nitrogen and oxygen atoms in total. The van der Waals surface area contributed by atoms with E-state index >= 15 is 0 Å². The molecule has 0 unspecified atom stereocenters. The monoisotopic (exact) mass is 475 g/mol. The van der Waals surface area contributed by atoms with Crippen molar-refractivity contribution in [1.29, 1.82) is 0 Å². The molecule has 180 valence electrons. The molecule has 0 saturated carbocycles. The van der Waals surface area contributed by atoms with E-state index in [2.05, 4.69) is 25.5 Å². The van der Waals surface area contributed by atoms with Crippen LogP contribution in [0.4, 0.5) is 17.5 Å². The van der Waals surface area contributed by atoms with Gasteiger partial charge in [-0.15, -0.1) is 0 Å². The number of benzene rings is 1. The highest BCUT2D eigenvalue weighted by atomic mass is 32.2. The molecule has 0 aliphatic carbocycles. The predicted octanol–water partition coefficient (Wildman–Crippen LogP) is 3.08. The van der Waals surface area contributed by atoms with E-state index in [-0.39, 0.29) is 17.5 Å². The lowest BCUT2D eigenvalue weighted by molar-refractivity contribution is 0.254. The summed E-state index contributed by atoms with van der Waals surface area (Å²) >= 11 is 0. The summed E-state index contributed by atoms with van der Waals surface area (Å²) in [5.41, 5.74) is 0.797. The standard InChI is InChI=1S/C23H33N5O4S/c1-31-20-6-5-19(17-21(20)32-14-4-13-28-11-2-3-12-28)26-23-24-10-7-22(27-23)25-18-8-15-33(29,30)16-9-18/h5-7,10,17-18H,2-4,8-9,11-16H2,1H3,(H2,24,25,26,27). The molecule has 1 aromatic carbocycles. The molecule has 4 rings (SSSR count). The van der Waals surface area contributed by atoms with Crippen LogP contribution in [0.1, 0.15) is 32.1 Å². The number of anilines is 3. The Morgan fingerprint density at radius 3 is 2.67 bits per heavy atom. The first-order chi connectivity index (χ1) is 16.0. The second kappa shape index (κ2) is 11.0. The van der Waals surface area contributed by atoms with Crippen LogP contribution in [0.5, 0.6) is 11.5 Å². The maximum Gasteiger partial charge on any atom is 0.229 e. The number of aromatic nitrogens is 2. The predicted molar refractivity (Wildman–Crippen MR) is 129 cm³/mol. The van der Waals surface area contributed by atoms with Crippen LogP contribution < -0.4 is 20.1 Å². The maximum absolute atomic E-state index is 11.6. The topological polar surface area (TPSA) is 106 Å². The molecular weight excluding hydrogens is 442 g/mol. The molecule has 0 atom stereocenters. The van der Waals surface area contributed by atoms with E-state index in [1.165, 1.54) is 25.9 Å². The molecule has 0 radical (unpaired) electrons. The average Bonchev–Trinajstić information content (AvgIpc) is 3.32. The summed E-state index contributed by atoms with van der Waals surface area (Å²) < 4.78 is 34.7. The molecule has 2 aromatic rings. The fourth-order valence-electron chi connectivity index (χ4n) is 4.22. The average molecular weight is 476 g/mol. The number of nitrogens with zero attached hydrogens (tertiary/aromatic N) is 3. The summed E-state index contributed by atoms with van der Waals surface area (Å²) in [5, 5.41) is 6.55. The Kier molecular flexibility index (Phi) is 7.87. The SMILES string of the molecule is COc1ccc(Nc2nccc(NC3CCS(=O)(=O)CC3)n2)cc1OCCCN1CCCC1. The summed E-state index contributed by atoms with van der Waals surface area (Å²) in [6.45, 7) is 4.07. The van der Waals surface area contributed by atoms with Crippen molar-refractivity contribution in [3.05, 3.63) is 30.5 Å². The van der Waals surface area contributed by atoms with E-state index in [1.54, 1.807) is 19.4 Å². The molecule has 1 aromatic heterocycles. The molecule has 2 aliphatic rings. The lowest BCUT2D eigenvalue weighted by Gasteiger charge is -2.23. The maximum atomic E-state index is 11.6. The summed E-state index contributed by atoms with van der Waals surface area (Å²) in [6, 6.07) is 7.54. The fourth-order valence-corrected chi connectivity index (χ4v) is 5.71. The van der Waals surface area contributed by atoms with E-state index in [0.717, 1.165) is 18.7 Å². The van der Waals surface area contributed by atoms with Crippen molar-refractivity contribution in [2.75, 3.05) is 55.5 Å². The van der Waals surface area contributed by atoms with Gasteiger partial charge in [-0.3, -0.25) is 0 Å². The van der Waals surface area contributed by atoms with Gasteiger partial charge in [0, 0.05) is 30.5 Å². The molecular formula is C23H33N5O4S. The van der Waals surface area contributed by atoms with Crippen LogP contribution >= 0.6 is 0 Å². The first kappa shape index (κ1) is 23.6. The van der Waals surface area contributed by atoms with Crippen LogP contribution in [-0.2, 0) is 9.84 Å². The first-order valence-electron chi connectivity index (χ1n) is 11.6. The number of rotatable bonds is 10. The number of nitrogens with one attached hydrogen (secondary N) is 2. The molecule has 3 heterocycles. The zero-order valence-corrected chi connectivity index (χ0v) is 19.9. The number of sulfone groups is 1. The van der Waals surface area contributed by atoms with E-state index in [1.807, 2.05) is 18.2 Å². The third kappa shape index (κ3) is 6.94. The van der Waals surface area contributed by atoms with E-state index in [0.29, 0.717) is 42.7 Å². The van der Waals surface area contributed by atoms with Gasteiger partial charge in [-0.25, -0.2) is 13.4 Å². The first-order valence-corrected chi connectivity index (χ1v) is 13.4. The largest absolute Gasteiger partial charge is 0.493 e. The van der Waals surface area contributed by atoms with E-state index < -0.39 is 9.84 Å². The molecule has 2 aliphatic heterocycles. The Hall–Kier alpha value is -2.59. The van der Waals surface area contributed by atoms with E-state index in [9.17, 15) is 8.42 Å². The minimum atomic E-state index is -2.89. The van der Waals surface area contributed by atoms with Crippen molar-refractivity contribution >= 4 is 27.3 Å². The van der Waals surface area contributed by atoms with Crippen molar-refractivity contribution < 1.29 is 17.9 Å². The minimum Gasteiger partial charge on any atom is -0.493 e. The molecule has 0 amide bonds. The van der Waals surface area contributed by atoms with Gasteiger partial charge in [-0.1, -0.05) is 0 Å². The van der Waals surface area contributed by atoms with Crippen LogP contribution in [-0.4, -0.2) is 74.2 Å². The lowest BCUT2D eigenvalue weighted by Crippen LogP contribution is -2.32. The van der Waals surface area contributed by atoms with Gasteiger partial charge in [-0.2, -0.15) is 4.98 Å². The quantitative estimate of drug-likeness (QED) is 0.502. The van der Waals surface area contributed by atoms with Crippen molar-refractivity contribution in [1.82, 2.24) is 14.9 Å². The normalized spacial score (nSPS) is 18.7. The number of likely N-dealkylation sites (tertiary alicyclic amines) is 1. The van der Waals surface area contributed by atoms with Crippen molar-refractivity contribution in [3.8, 4) is 11.5 Å². The lowest BCUT2D eigenvalue weighted by atomic mass is 10.1. The minimum absolute atomic E-state index is 0.0952. The van der Waals surface area contributed by atoms with Gasteiger partial charge >= 0.3 is 0 Å². The Bertz CT molecular complexity index is 1010. The highest BCUT2D eigenvalue weighted by molar-refractivity contribution is 7.91. The number of hydrogen-bond acceptors (Lipinski definition) is 9. The highest BCUT2D eigenvalue weighted by Crippen LogP contribution is 2.31. The molecule has 2 N–H and O–H groups in total. The van der Waals surface area contributed by atoms with Crippen LogP contribution in [0.2, 0.25) is 0 Å². The zero-order valence-electron chi connectivity index (χ0n) is 19.1. The summed E-state index contributed by atoms with van der Waals surface area (Å²) in [4.78, 5) is 11.3. The molecule has 33 heavy (non-hydrogen) atoms. The Balaban J connectivity index is 1.34. The zero-order chi connectivity index (χ0) is 23.1. The van der Waals surface area contributed by atoms with Crippen LogP contribution in [0.3, 0.4) is 0 Å². The molecule has 0 spiro atoms. The van der Waals surface area contributed by atoms with Gasteiger partial charge in [0.25, 0.3) is 0 Å². The van der Waals surface area contributed by atoms with Gasteiger partial charge in [0.2, 0.25) is 5.95 Å². The Morgan fingerprint density at radius 2 is 1.91 bits per heavy atom. The molecule has 0 bridgehead atoms. The Morgan fingerprint density at radius 1 is 1.12 bits per heavy atom. The number of methoxy groups -OCH3 is 1. The molecule has 2 saturated heterocycles. The molecule has 10 heteroatoms. The van der Waals surface area contributed by atoms with E-state index in [4.69, 9.17) is 9.47 Å². The summed E-state index contributed by atoms with van der Waals surface area (Å²) in [6.07, 6.45) is 6.42. The summed E-state index contributed by atoms with van der Waals surface area (Å²) in [5.74, 6) is 2.92. The van der Waals surface area contributed by atoms with Crippen LogP contribution in [0, 0.1) is 0 Å². The van der Waals surface area contributed by atoms with Gasteiger partial charge in [0.1, 0.15) is 15.7 Å². The van der Waals surface area contributed by atoms with Gasteiger partial charge < -0.3 is 25.0 Å². The van der Waals surface area contributed by atoms with Crippen LogP contribution in [0.15, 0.2) is 30.5 Å². The molecule has 2 fully saturated rings. The fraction of sp³-hybridized carbons (Fsp3) is 0.565. The van der Waals surface area contributed by atoms with Gasteiger partial charge in [-0.05, 0) is 63.4 Å². The second-order valence-corrected chi connectivity index (χ2v) is 10.9. The van der Waals surface area contributed by atoms with Gasteiger partial charge in [0.05, 0.1) is 25.2 Å². The van der Waals surface area contributed by atoms with Crippen molar-refractivity contribution in [2.24, 2.45) is 0 Å². The highest BCUT2D eigenvalue weighted by Gasteiger charge is 2.23. The van der Waals surface area contributed by atoms with Crippen molar-refractivity contribution in [3.63, 3.8) is 0 Å². The third-order valence-electron chi connectivity index (χ3n) is 6.06. The van der Waals surface area contributed by atoms with Gasteiger partial charge in [0.15, 0.2) is 11.5 Å². The number of hydrogen-bond donors (Lipinski definition) is 2. The summed E-state index contributed by atoms with van der Waals surface area (Å²) in [7, 11) is -1.26. The van der Waals surface area contributed by atoms with Crippen LogP contribution in [0.25, 0.3) is 0 Å². The smallest absolute Gasteiger partial charge is 0.229 e. The third-order valence-corrected chi connectivity index (χ3v) is 7.77. The number of ether oxygens (including phenoxy) is 2. The second-order valence-electron chi connectivity index (χ2n) is 8.58. The van der Waals surface area contributed by atoms with Crippen molar-refractivity contribution in [2.45, 2.75) is 38.1 Å².